The molecule has 3 nitrogen and oxygen atoms in total. The molecule has 0 aliphatic rings. The highest BCUT2D eigenvalue weighted by Gasteiger charge is 2.09. The van der Waals surface area contributed by atoms with E-state index < -0.39 is 0 Å². The largest absolute Gasteiger partial charge is 0.496 e. The first-order chi connectivity index (χ1) is 9.19. The number of hydrogen-bond donors (Lipinski definition) is 0. The Bertz CT molecular complexity index is 708. The molecule has 19 heavy (non-hydrogen) atoms. The van der Waals surface area contributed by atoms with Crippen LogP contribution in [0.2, 0.25) is 0 Å². The Kier molecular flexibility index (Phi) is 3.85. The van der Waals surface area contributed by atoms with Gasteiger partial charge in [-0.15, -0.1) is 0 Å². The van der Waals surface area contributed by atoms with Gasteiger partial charge in [-0.05, 0) is 30.5 Å². The number of fused-ring (bicyclic) bond motifs is 1. The molecule has 0 saturated heterocycles. The summed E-state index contributed by atoms with van der Waals surface area (Å²) < 4.78 is 6.89. The van der Waals surface area contributed by atoms with E-state index in [-0.39, 0.29) is 5.56 Å². The smallest absolute Gasteiger partial charge is 0.262 e. The average molecular weight is 255 g/mol. The fourth-order valence-corrected chi connectivity index (χ4v) is 2.03. The van der Waals surface area contributed by atoms with Crippen LogP contribution in [-0.2, 0) is 7.05 Å². The number of allylic oxidation sites excluding steroid dienone is 3. The molecule has 0 atom stereocenters. The fraction of sp³-hybridized carbons (Fsp3) is 0.188. The van der Waals surface area contributed by atoms with Gasteiger partial charge in [0.2, 0.25) is 0 Å². The molecule has 0 saturated carbocycles. The molecule has 2 aromatic rings. The maximum absolute atomic E-state index is 12.4. The van der Waals surface area contributed by atoms with E-state index in [2.05, 4.69) is 0 Å². The van der Waals surface area contributed by atoms with Crippen molar-refractivity contribution in [2.24, 2.45) is 7.05 Å². The molecule has 0 unspecified atom stereocenters. The first kappa shape index (κ1) is 13.1. The standard InChI is InChI=1S/C16H17NO2/c1-4-5-6-9-13-11-12-8-7-10-14(19-3)15(12)16(18)17(13)2/h4-11H,1-3H3/b5-4+,9-6+. The molecule has 0 fully saturated rings. The highest BCUT2D eigenvalue weighted by Crippen LogP contribution is 2.22. The minimum Gasteiger partial charge on any atom is -0.496 e. The third-order valence-corrected chi connectivity index (χ3v) is 3.06. The summed E-state index contributed by atoms with van der Waals surface area (Å²) in [4.78, 5) is 12.4. The Morgan fingerprint density at radius 1 is 1.26 bits per heavy atom. The van der Waals surface area contributed by atoms with Crippen molar-refractivity contribution < 1.29 is 4.74 Å². The van der Waals surface area contributed by atoms with Crippen molar-refractivity contribution in [3.8, 4) is 5.75 Å². The van der Waals surface area contributed by atoms with Crippen LogP contribution in [0.25, 0.3) is 16.8 Å². The Hall–Kier alpha value is -2.29. The molecule has 98 valence electrons. The SMILES string of the molecule is C/C=C/C=C/c1cc2cccc(OC)c2c(=O)n1C. The summed E-state index contributed by atoms with van der Waals surface area (Å²) in [5.41, 5.74) is 0.818. The van der Waals surface area contributed by atoms with Crippen molar-refractivity contribution in [3.05, 3.63) is 58.5 Å². The van der Waals surface area contributed by atoms with Crippen molar-refractivity contribution in [1.29, 1.82) is 0 Å². The fourth-order valence-electron chi connectivity index (χ4n) is 2.03. The summed E-state index contributed by atoms with van der Waals surface area (Å²) in [6.07, 6.45) is 7.71. The quantitative estimate of drug-likeness (QED) is 0.789. The van der Waals surface area contributed by atoms with E-state index in [4.69, 9.17) is 4.74 Å². The molecule has 0 aliphatic heterocycles. The second-order valence-corrected chi connectivity index (χ2v) is 4.24. The van der Waals surface area contributed by atoms with E-state index in [1.807, 2.05) is 49.4 Å². The lowest BCUT2D eigenvalue weighted by molar-refractivity contribution is 0.419. The Morgan fingerprint density at radius 3 is 2.74 bits per heavy atom. The number of pyridine rings is 1. The van der Waals surface area contributed by atoms with Gasteiger partial charge >= 0.3 is 0 Å². The molecular weight excluding hydrogens is 238 g/mol. The zero-order valence-electron chi connectivity index (χ0n) is 11.4. The topological polar surface area (TPSA) is 31.2 Å². The van der Waals surface area contributed by atoms with Crippen molar-refractivity contribution in [3.63, 3.8) is 0 Å². The van der Waals surface area contributed by atoms with Crippen molar-refractivity contribution in [1.82, 2.24) is 4.57 Å². The normalized spacial score (nSPS) is 11.7. The summed E-state index contributed by atoms with van der Waals surface area (Å²) in [6.45, 7) is 1.95. The molecule has 0 spiro atoms. The Morgan fingerprint density at radius 2 is 2.05 bits per heavy atom. The first-order valence-corrected chi connectivity index (χ1v) is 6.15. The van der Waals surface area contributed by atoms with Gasteiger partial charge in [-0.25, -0.2) is 0 Å². The zero-order chi connectivity index (χ0) is 13.8. The van der Waals surface area contributed by atoms with Crippen LogP contribution in [0.3, 0.4) is 0 Å². The van der Waals surface area contributed by atoms with Crippen LogP contribution in [0, 0.1) is 0 Å². The third-order valence-electron chi connectivity index (χ3n) is 3.06. The number of rotatable bonds is 3. The van der Waals surface area contributed by atoms with E-state index in [0.717, 1.165) is 11.1 Å². The van der Waals surface area contributed by atoms with E-state index >= 15 is 0 Å². The average Bonchev–Trinajstić information content (AvgIpc) is 2.43. The lowest BCUT2D eigenvalue weighted by Crippen LogP contribution is -2.19. The summed E-state index contributed by atoms with van der Waals surface area (Å²) in [6, 6.07) is 7.60. The minimum absolute atomic E-state index is 0.0462. The third kappa shape index (κ3) is 2.45. The Balaban J connectivity index is 2.72. The number of benzene rings is 1. The second kappa shape index (κ2) is 5.57. The van der Waals surface area contributed by atoms with Crippen LogP contribution < -0.4 is 10.3 Å². The number of methoxy groups -OCH3 is 1. The first-order valence-electron chi connectivity index (χ1n) is 6.15. The summed E-state index contributed by atoms with van der Waals surface area (Å²) in [7, 11) is 3.34. The van der Waals surface area contributed by atoms with Crippen LogP contribution >= 0.6 is 0 Å². The molecule has 0 radical (unpaired) electrons. The number of hydrogen-bond acceptors (Lipinski definition) is 2. The van der Waals surface area contributed by atoms with Gasteiger partial charge in [0, 0.05) is 12.7 Å². The predicted molar refractivity (Wildman–Crippen MR) is 79.6 cm³/mol. The lowest BCUT2D eigenvalue weighted by Gasteiger charge is -2.09. The van der Waals surface area contributed by atoms with Crippen LogP contribution in [-0.4, -0.2) is 11.7 Å². The molecule has 1 aromatic heterocycles. The molecule has 0 N–H and O–H groups in total. The Labute approximate surface area is 112 Å². The number of nitrogens with zero attached hydrogens (tertiary/aromatic N) is 1. The van der Waals surface area contributed by atoms with Crippen LogP contribution in [0.15, 0.2) is 47.3 Å². The minimum atomic E-state index is -0.0462. The number of ether oxygens (including phenoxy) is 1. The molecule has 0 aliphatic carbocycles. The van der Waals surface area contributed by atoms with Crippen molar-refractivity contribution in [2.45, 2.75) is 6.92 Å². The van der Waals surface area contributed by atoms with Gasteiger partial charge in [0.1, 0.15) is 5.75 Å². The summed E-state index contributed by atoms with van der Waals surface area (Å²) >= 11 is 0. The molecule has 0 amide bonds. The lowest BCUT2D eigenvalue weighted by atomic mass is 10.1. The van der Waals surface area contributed by atoms with Gasteiger partial charge in [-0.3, -0.25) is 4.79 Å². The van der Waals surface area contributed by atoms with Gasteiger partial charge in [0.05, 0.1) is 12.5 Å². The van der Waals surface area contributed by atoms with Crippen molar-refractivity contribution in [2.75, 3.05) is 7.11 Å². The van der Waals surface area contributed by atoms with Crippen LogP contribution in [0.4, 0.5) is 0 Å². The van der Waals surface area contributed by atoms with E-state index in [1.54, 1.807) is 24.8 Å². The van der Waals surface area contributed by atoms with E-state index in [9.17, 15) is 4.79 Å². The molecule has 1 heterocycles. The maximum Gasteiger partial charge on any atom is 0.262 e. The predicted octanol–water partition coefficient (Wildman–Crippen LogP) is 3.14. The van der Waals surface area contributed by atoms with Crippen LogP contribution in [0.5, 0.6) is 5.75 Å². The molecule has 2 rings (SSSR count). The molecule has 0 bridgehead atoms. The van der Waals surface area contributed by atoms with Gasteiger partial charge in [-0.2, -0.15) is 0 Å². The van der Waals surface area contributed by atoms with Crippen LogP contribution in [0.1, 0.15) is 12.6 Å². The summed E-state index contributed by atoms with van der Waals surface area (Å²) in [5, 5.41) is 1.51. The molecule has 1 aromatic carbocycles. The molecular formula is C16H17NO2. The zero-order valence-corrected chi connectivity index (χ0v) is 11.4. The van der Waals surface area contributed by atoms with Gasteiger partial charge < -0.3 is 9.30 Å². The van der Waals surface area contributed by atoms with E-state index in [0.29, 0.717) is 11.1 Å². The van der Waals surface area contributed by atoms with Gasteiger partial charge in [0.15, 0.2) is 0 Å². The van der Waals surface area contributed by atoms with Gasteiger partial charge in [0.25, 0.3) is 5.56 Å². The summed E-state index contributed by atoms with van der Waals surface area (Å²) in [5.74, 6) is 0.613. The van der Waals surface area contributed by atoms with Gasteiger partial charge in [-0.1, -0.05) is 30.4 Å². The highest BCUT2D eigenvalue weighted by atomic mass is 16.5. The van der Waals surface area contributed by atoms with Crippen molar-refractivity contribution >= 4 is 16.8 Å². The second-order valence-electron chi connectivity index (χ2n) is 4.24. The van der Waals surface area contributed by atoms with E-state index in [1.165, 1.54) is 0 Å². The highest BCUT2D eigenvalue weighted by molar-refractivity contribution is 5.88. The number of aromatic nitrogens is 1. The molecule has 3 heteroatoms. The maximum atomic E-state index is 12.4. The monoisotopic (exact) mass is 255 g/mol.